The maximum atomic E-state index is 10.9. The highest BCUT2D eigenvalue weighted by atomic mass is 79.9. The average Bonchev–Trinajstić information content (AvgIpc) is 2.16. The van der Waals surface area contributed by atoms with Gasteiger partial charge in [-0.25, -0.2) is 0 Å². The molecule has 0 aliphatic carbocycles. The lowest BCUT2D eigenvalue weighted by molar-refractivity contribution is -0.138. The molecule has 4 nitrogen and oxygen atoms in total. The summed E-state index contributed by atoms with van der Waals surface area (Å²) in [5.74, 6) is -1.29. The molecular formula is C10H12BrNO3. The molecule has 1 aliphatic rings. The summed E-state index contributed by atoms with van der Waals surface area (Å²) in [4.78, 5) is 10.9. The summed E-state index contributed by atoms with van der Waals surface area (Å²) in [6.07, 6.45) is 0. The van der Waals surface area contributed by atoms with Gasteiger partial charge in [0.05, 0.1) is 5.92 Å². The van der Waals surface area contributed by atoms with Gasteiger partial charge in [0.25, 0.3) is 0 Å². The maximum absolute atomic E-state index is 10.9. The Balaban J connectivity index is 0.00000112. The van der Waals surface area contributed by atoms with Gasteiger partial charge in [-0.3, -0.25) is 4.79 Å². The highest BCUT2D eigenvalue weighted by Crippen LogP contribution is 2.27. The fourth-order valence-corrected chi connectivity index (χ4v) is 1.75. The number of rotatable bonds is 1. The van der Waals surface area contributed by atoms with E-state index in [1.54, 1.807) is 12.1 Å². The van der Waals surface area contributed by atoms with Crippen LogP contribution >= 0.6 is 17.0 Å². The summed E-state index contributed by atoms with van der Waals surface area (Å²) in [6.45, 7) is 1.09. The number of halogens is 1. The van der Waals surface area contributed by atoms with Gasteiger partial charge >= 0.3 is 5.97 Å². The quantitative estimate of drug-likeness (QED) is 0.720. The molecule has 0 radical (unpaired) electrons. The number of benzene rings is 1. The molecule has 1 atom stereocenters. The van der Waals surface area contributed by atoms with Gasteiger partial charge in [0.15, 0.2) is 0 Å². The van der Waals surface area contributed by atoms with Crippen LogP contribution in [0.5, 0.6) is 5.75 Å². The molecule has 1 unspecified atom stereocenters. The van der Waals surface area contributed by atoms with E-state index in [1.807, 2.05) is 0 Å². The second kappa shape index (κ2) is 4.63. The molecule has 0 amide bonds. The van der Waals surface area contributed by atoms with Gasteiger partial charge in [-0.1, -0.05) is 6.07 Å². The van der Waals surface area contributed by atoms with Gasteiger partial charge in [-0.2, -0.15) is 0 Å². The zero-order valence-corrected chi connectivity index (χ0v) is 9.65. The van der Waals surface area contributed by atoms with Crippen molar-refractivity contribution in [3.63, 3.8) is 0 Å². The zero-order valence-electron chi connectivity index (χ0n) is 7.93. The van der Waals surface area contributed by atoms with Crippen LogP contribution in [0.4, 0.5) is 0 Å². The lowest BCUT2D eigenvalue weighted by Crippen LogP contribution is -2.32. The molecule has 15 heavy (non-hydrogen) atoms. The minimum absolute atomic E-state index is 0. The number of aromatic hydroxyl groups is 1. The molecule has 0 aromatic heterocycles. The average molecular weight is 274 g/mol. The predicted octanol–water partition coefficient (Wildman–Crippen LogP) is 1.24. The van der Waals surface area contributed by atoms with E-state index in [0.717, 1.165) is 11.1 Å². The Morgan fingerprint density at radius 2 is 2.20 bits per heavy atom. The Labute approximate surface area is 97.7 Å². The van der Waals surface area contributed by atoms with E-state index in [4.69, 9.17) is 5.11 Å². The summed E-state index contributed by atoms with van der Waals surface area (Å²) >= 11 is 0. The van der Waals surface area contributed by atoms with Gasteiger partial charge in [0, 0.05) is 13.1 Å². The molecule has 1 heterocycles. The minimum Gasteiger partial charge on any atom is -0.508 e. The summed E-state index contributed by atoms with van der Waals surface area (Å²) in [5.41, 5.74) is 1.66. The molecule has 1 aromatic rings. The Kier molecular flexibility index (Phi) is 3.71. The van der Waals surface area contributed by atoms with Crippen molar-refractivity contribution in [2.75, 3.05) is 6.54 Å². The first-order valence-electron chi connectivity index (χ1n) is 4.44. The smallest absolute Gasteiger partial charge is 0.312 e. The molecule has 5 heteroatoms. The lowest BCUT2D eigenvalue weighted by atomic mass is 9.91. The SMILES string of the molecule is Br.O=C(O)C1CNCc2ccc(O)cc21. The van der Waals surface area contributed by atoms with Crippen LogP contribution < -0.4 is 5.32 Å². The van der Waals surface area contributed by atoms with Crippen LogP contribution in [0.3, 0.4) is 0 Å². The molecule has 0 bridgehead atoms. The Morgan fingerprint density at radius 1 is 1.47 bits per heavy atom. The highest BCUT2D eigenvalue weighted by molar-refractivity contribution is 8.93. The third-order valence-corrected chi connectivity index (χ3v) is 2.47. The van der Waals surface area contributed by atoms with E-state index in [9.17, 15) is 9.90 Å². The monoisotopic (exact) mass is 273 g/mol. The largest absolute Gasteiger partial charge is 0.508 e. The number of phenolic OH excluding ortho intramolecular Hbond substituents is 1. The summed E-state index contributed by atoms with van der Waals surface area (Å²) < 4.78 is 0. The number of carboxylic acid groups (broad SMARTS) is 1. The Morgan fingerprint density at radius 3 is 2.87 bits per heavy atom. The normalized spacial score (nSPS) is 18.8. The molecular weight excluding hydrogens is 262 g/mol. The second-order valence-electron chi connectivity index (χ2n) is 3.40. The van der Waals surface area contributed by atoms with Gasteiger partial charge < -0.3 is 15.5 Å². The molecule has 3 N–H and O–H groups in total. The number of phenols is 1. The Hall–Kier alpha value is -1.07. The molecule has 2 rings (SSSR count). The predicted molar refractivity (Wildman–Crippen MR) is 60.5 cm³/mol. The summed E-state index contributed by atoms with van der Waals surface area (Å²) in [5, 5.41) is 21.3. The number of hydrogen-bond acceptors (Lipinski definition) is 3. The van der Waals surface area contributed by atoms with Crippen LogP contribution in [-0.4, -0.2) is 22.7 Å². The van der Waals surface area contributed by atoms with Crippen molar-refractivity contribution in [2.45, 2.75) is 12.5 Å². The minimum atomic E-state index is -0.857. The fourth-order valence-electron chi connectivity index (χ4n) is 1.75. The molecule has 1 aromatic carbocycles. The van der Waals surface area contributed by atoms with Crippen molar-refractivity contribution in [1.82, 2.24) is 5.32 Å². The van der Waals surface area contributed by atoms with Crippen LogP contribution in [-0.2, 0) is 11.3 Å². The maximum Gasteiger partial charge on any atom is 0.312 e. The van der Waals surface area contributed by atoms with Crippen molar-refractivity contribution in [1.29, 1.82) is 0 Å². The van der Waals surface area contributed by atoms with Crippen LogP contribution in [0, 0.1) is 0 Å². The van der Waals surface area contributed by atoms with Crippen molar-refractivity contribution in [3.8, 4) is 5.75 Å². The molecule has 82 valence electrons. The standard InChI is InChI=1S/C10H11NO3.BrH/c12-7-2-1-6-4-11-5-9(10(13)14)8(6)3-7;/h1-3,9,11-12H,4-5H2,(H,13,14);1H. The van der Waals surface area contributed by atoms with E-state index in [0.29, 0.717) is 13.1 Å². The van der Waals surface area contributed by atoms with Crippen molar-refractivity contribution in [3.05, 3.63) is 29.3 Å². The van der Waals surface area contributed by atoms with Crippen LogP contribution in [0.15, 0.2) is 18.2 Å². The Bertz CT molecular complexity index is 381. The molecule has 0 spiro atoms. The first kappa shape index (κ1) is 12.0. The third-order valence-electron chi connectivity index (χ3n) is 2.47. The number of carbonyl (C=O) groups is 1. The third kappa shape index (κ3) is 2.30. The first-order chi connectivity index (χ1) is 6.68. The van der Waals surface area contributed by atoms with Crippen molar-refractivity contribution >= 4 is 23.0 Å². The van der Waals surface area contributed by atoms with Crippen molar-refractivity contribution in [2.24, 2.45) is 0 Å². The van der Waals surface area contributed by atoms with Crippen LogP contribution in [0.25, 0.3) is 0 Å². The van der Waals surface area contributed by atoms with E-state index >= 15 is 0 Å². The van der Waals surface area contributed by atoms with E-state index < -0.39 is 11.9 Å². The number of fused-ring (bicyclic) bond motifs is 1. The molecule has 0 fully saturated rings. The van der Waals surface area contributed by atoms with Gasteiger partial charge in [0.1, 0.15) is 5.75 Å². The number of nitrogens with one attached hydrogen (secondary N) is 1. The summed E-state index contributed by atoms with van der Waals surface area (Å²) in [6, 6.07) is 4.87. The fraction of sp³-hybridized carbons (Fsp3) is 0.300. The van der Waals surface area contributed by atoms with Gasteiger partial charge in [-0.15, -0.1) is 17.0 Å². The first-order valence-corrected chi connectivity index (χ1v) is 4.44. The van der Waals surface area contributed by atoms with E-state index in [-0.39, 0.29) is 22.7 Å². The number of aliphatic carboxylic acids is 1. The molecule has 1 aliphatic heterocycles. The van der Waals surface area contributed by atoms with Gasteiger partial charge in [-0.05, 0) is 23.3 Å². The zero-order chi connectivity index (χ0) is 10.1. The molecule has 0 saturated heterocycles. The number of hydrogen-bond donors (Lipinski definition) is 3. The lowest BCUT2D eigenvalue weighted by Gasteiger charge is -2.23. The van der Waals surface area contributed by atoms with Crippen LogP contribution in [0.2, 0.25) is 0 Å². The van der Waals surface area contributed by atoms with Crippen molar-refractivity contribution < 1.29 is 15.0 Å². The second-order valence-corrected chi connectivity index (χ2v) is 3.40. The van der Waals surface area contributed by atoms with Gasteiger partial charge in [0.2, 0.25) is 0 Å². The topological polar surface area (TPSA) is 69.6 Å². The van der Waals surface area contributed by atoms with E-state index in [1.165, 1.54) is 6.07 Å². The van der Waals surface area contributed by atoms with Crippen LogP contribution in [0.1, 0.15) is 17.0 Å². The number of carboxylic acids is 1. The highest BCUT2D eigenvalue weighted by Gasteiger charge is 2.25. The molecule has 0 saturated carbocycles. The summed E-state index contributed by atoms with van der Waals surface area (Å²) in [7, 11) is 0. The van der Waals surface area contributed by atoms with E-state index in [2.05, 4.69) is 5.32 Å².